The molecule has 1 aromatic carbocycles. The van der Waals surface area contributed by atoms with Crippen molar-refractivity contribution < 1.29 is 4.79 Å². The predicted octanol–water partition coefficient (Wildman–Crippen LogP) is 2.79. The molecule has 0 aliphatic heterocycles. The molecule has 0 spiro atoms. The number of benzene rings is 1. The largest absolute Gasteiger partial charge is 0.349 e. The maximum Gasteiger partial charge on any atom is 0.251 e. The van der Waals surface area contributed by atoms with Crippen LogP contribution in [0.3, 0.4) is 0 Å². The molecule has 1 rings (SSSR count). The molecule has 1 atom stereocenters. The van der Waals surface area contributed by atoms with Crippen LogP contribution in [0.15, 0.2) is 22.7 Å². The average molecular weight is 281 g/mol. The molecule has 1 amide bonds. The molecule has 0 saturated carbocycles. The highest BCUT2D eigenvalue weighted by atomic mass is 79.9. The fraction of sp³-hybridized carbons (Fsp3) is 0.333. The van der Waals surface area contributed by atoms with Gasteiger partial charge in [-0.2, -0.15) is 5.26 Å². The Morgan fingerprint density at radius 1 is 1.62 bits per heavy atom. The first kappa shape index (κ1) is 12.7. The Bertz CT molecular complexity index is 437. The third kappa shape index (κ3) is 3.35. The lowest BCUT2D eigenvalue weighted by molar-refractivity contribution is 0.0940. The number of amides is 1. The lowest BCUT2D eigenvalue weighted by atomic mass is 10.1. The Morgan fingerprint density at radius 3 is 2.94 bits per heavy atom. The standard InChI is InChI=1S/C12H13BrN2O/c1-8-3-4-10(13)7-11(8)12(16)15-9(2)5-6-14/h3-4,7,9H,5H2,1-2H3,(H,15,16). The summed E-state index contributed by atoms with van der Waals surface area (Å²) in [6.07, 6.45) is 0.318. The second kappa shape index (κ2) is 5.66. The summed E-state index contributed by atoms with van der Waals surface area (Å²) in [5.74, 6) is -0.137. The number of nitrogens with zero attached hydrogens (tertiary/aromatic N) is 1. The van der Waals surface area contributed by atoms with Crippen molar-refractivity contribution in [1.29, 1.82) is 5.26 Å². The van der Waals surface area contributed by atoms with E-state index in [0.29, 0.717) is 12.0 Å². The quantitative estimate of drug-likeness (QED) is 0.926. The molecule has 0 aliphatic carbocycles. The van der Waals surface area contributed by atoms with Crippen molar-refractivity contribution in [3.63, 3.8) is 0 Å². The molecule has 0 heterocycles. The molecule has 0 radical (unpaired) electrons. The Balaban J connectivity index is 2.81. The molecule has 1 N–H and O–H groups in total. The van der Waals surface area contributed by atoms with Gasteiger partial charge in [-0.05, 0) is 31.5 Å². The summed E-state index contributed by atoms with van der Waals surface area (Å²) in [6.45, 7) is 3.70. The minimum Gasteiger partial charge on any atom is -0.349 e. The molecule has 4 heteroatoms. The SMILES string of the molecule is Cc1ccc(Br)cc1C(=O)NC(C)CC#N. The molecule has 1 aromatic rings. The number of carbonyl (C=O) groups excluding carboxylic acids is 1. The molecule has 16 heavy (non-hydrogen) atoms. The number of hydrogen-bond donors (Lipinski definition) is 1. The normalized spacial score (nSPS) is 11.6. The zero-order valence-corrected chi connectivity index (χ0v) is 10.8. The van der Waals surface area contributed by atoms with Crippen LogP contribution >= 0.6 is 15.9 Å². The van der Waals surface area contributed by atoms with Crippen LogP contribution in [-0.4, -0.2) is 11.9 Å². The summed E-state index contributed by atoms with van der Waals surface area (Å²) in [5, 5.41) is 11.3. The van der Waals surface area contributed by atoms with Crippen molar-refractivity contribution in [2.24, 2.45) is 0 Å². The smallest absolute Gasteiger partial charge is 0.251 e. The van der Waals surface area contributed by atoms with Crippen LogP contribution in [0.1, 0.15) is 29.3 Å². The van der Waals surface area contributed by atoms with Crippen LogP contribution in [0.4, 0.5) is 0 Å². The summed E-state index contributed by atoms with van der Waals surface area (Å²) in [5.41, 5.74) is 1.56. The first-order valence-corrected chi connectivity index (χ1v) is 5.78. The lowest BCUT2D eigenvalue weighted by Crippen LogP contribution is -2.32. The van der Waals surface area contributed by atoms with Gasteiger partial charge in [0.15, 0.2) is 0 Å². The van der Waals surface area contributed by atoms with Gasteiger partial charge in [-0.1, -0.05) is 22.0 Å². The first-order valence-electron chi connectivity index (χ1n) is 4.98. The van der Waals surface area contributed by atoms with E-state index in [9.17, 15) is 4.79 Å². The van der Waals surface area contributed by atoms with Crippen LogP contribution in [0.2, 0.25) is 0 Å². The number of hydrogen-bond acceptors (Lipinski definition) is 2. The van der Waals surface area contributed by atoms with Gasteiger partial charge in [0.1, 0.15) is 0 Å². The number of halogens is 1. The number of rotatable bonds is 3. The van der Waals surface area contributed by atoms with E-state index in [0.717, 1.165) is 10.0 Å². The Hall–Kier alpha value is -1.34. The topological polar surface area (TPSA) is 52.9 Å². The van der Waals surface area contributed by atoms with E-state index in [-0.39, 0.29) is 11.9 Å². The summed E-state index contributed by atoms with van der Waals surface area (Å²) in [6, 6.07) is 7.46. The molecular weight excluding hydrogens is 268 g/mol. The minimum absolute atomic E-state index is 0.129. The third-order valence-electron chi connectivity index (χ3n) is 2.22. The highest BCUT2D eigenvalue weighted by Gasteiger charge is 2.11. The second-order valence-electron chi connectivity index (χ2n) is 3.70. The molecule has 0 saturated heterocycles. The number of nitrogens with one attached hydrogen (secondary N) is 1. The fourth-order valence-corrected chi connectivity index (χ4v) is 1.69. The number of aryl methyl sites for hydroxylation is 1. The zero-order valence-electron chi connectivity index (χ0n) is 9.25. The Morgan fingerprint density at radius 2 is 2.31 bits per heavy atom. The van der Waals surface area contributed by atoms with Crippen molar-refractivity contribution in [2.75, 3.05) is 0 Å². The van der Waals surface area contributed by atoms with Crippen LogP contribution in [0.5, 0.6) is 0 Å². The Kier molecular flexibility index (Phi) is 4.51. The Labute approximate surface area is 104 Å². The van der Waals surface area contributed by atoms with Crippen molar-refractivity contribution in [3.05, 3.63) is 33.8 Å². The highest BCUT2D eigenvalue weighted by Crippen LogP contribution is 2.16. The van der Waals surface area contributed by atoms with E-state index in [2.05, 4.69) is 21.2 Å². The van der Waals surface area contributed by atoms with Gasteiger partial charge in [0.25, 0.3) is 5.91 Å². The van der Waals surface area contributed by atoms with Gasteiger partial charge >= 0.3 is 0 Å². The van der Waals surface area contributed by atoms with Crippen LogP contribution in [-0.2, 0) is 0 Å². The summed E-state index contributed by atoms with van der Waals surface area (Å²) in [7, 11) is 0. The maximum absolute atomic E-state index is 11.9. The molecule has 3 nitrogen and oxygen atoms in total. The molecule has 0 aromatic heterocycles. The van der Waals surface area contributed by atoms with E-state index in [1.807, 2.05) is 32.0 Å². The molecule has 0 aliphatic rings. The van der Waals surface area contributed by atoms with E-state index in [1.54, 1.807) is 6.07 Å². The van der Waals surface area contributed by atoms with Gasteiger partial charge in [0.05, 0.1) is 12.5 Å². The van der Waals surface area contributed by atoms with Crippen molar-refractivity contribution in [2.45, 2.75) is 26.3 Å². The van der Waals surface area contributed by atoms with E-state index in [1.165, 1.54) is 0 Å². The van der Waals surface area contributed by atoms with Gasteiger partial charge in [-0.15, -0.1) is 0 Å². The number of nitriles is 1. The first-order chi connectivity index (χ1) is 7.54. The van der Waals surface area contributed by atoms with Crippen molar-refractivity contribution in [3.8, 4) is 6.07 Å². The zero-order chi connectivity index (χ0) is 12.1. The lowest BCUT2D eigenvalue weighted by Gasteiger charge is -2.12. The second-order valence-corrected chi connectivity index (χ2v) is 4.61. The molecule has 0 bridgehead atoms. The number of carbonyl (C=O) groups is 1. The van der Waals surface area contributed by atoms with E-state index >= 15 is 0 Å². The average Bonchev–Trinajstić information content (AvgIpc) is 2.21. The van der Waals surface area contributed by atoms with E-state index in [4.69, 9.17) is 5.26 Å². The van der Waals surface area contributed by atoms with Crippen molar-refractivity contribution in [1.82, 2.24) is 5.32 Å². The molecule has 1 unspecified atom stereocenters. The van der Waals surface area contributed by atoms with Gasteiger partial charge in [0, 0.05) is 16.1 Å². The third-order valence-corrected chi connectivity index (χ3v) is 2.71. The monoisotopic (exact) mass is 280 g/mol. The van der Waals surface area contributed by atoms with Gasteiger partial charge in [0.2, 0.25) is 0 Å². The van der Waals surface area contributed by atoms with E-state index < -0.39 is 0 Å². The summed E-state index contributed by atoms with van der Waals surface area (Å²) < 4.78 is 0.871. The van der Waals surface area contributed by atoms with Crippen LogP contribution in [0.25, 0.3) is 0 Å². The fourth-order valence-electron chi connectivity index (χ4n) is 1.33. The highest BCUT2D eigenvalue weighted by molar-refractivity contribution is 9.10. The predicted molar refractivity (Wildman–Crippen MR) is 66.0 cm³/mol. The van der Waals surface area contributed by atoms with Gasteiger partial charge in [-0.25, -0.2) is 0 Å². The molecule has 0 fully saturated rings. The van der Waals surface area contributed by atoms with Crippen LogP contribution < -0.4 is 5.32 Å². The van der Waals surface area contributed by atoms with Crippen molar-refractivity contribution >= 4 is 21.8 Å². The van der Waals surface area contributed by atoms with Gasteiger partial charge < -0.3 is 5.32 Å². The van der Waals surface area contributed by atoms with Crippen LogP contribution in [0, 0.1) is 18.3 Å². The summed E-state index contributed by atoms with van der Waals surface area (Å²) in [4.78, 5) is 11.9. The summed E-state index contributed by atoms with van der Waals surface area (Å²) >= 11 is 3.33. The minimum atomic E-state index is -0.137. The van der Waals surface area contributed by atoms with Gasteiger partial charge in [-0.3, -0.25) is 4.79 Å². The maximum atomic E-state index is 11.9. The molecular formula is C12H13BrN2O. The molecule has 84 valence electrons.